The topological polar surface area (TPSA) is 85.8 Å². The molecule has 1 aromatic carbocycles. The van der Waals surface area contributed by atoms with E-state index in [0.29, 0.717) is 11.7 Å². The molecule has 130 valence electrons. The number of benzene rings is 1. The van der Waals surface area contributed by atoms with Crippen LogP contribution in [0.4, 0.5) is 0 Å². The molecule has 0 aliphatic rings. The van der Waals surface area contributed by atoms with Gasteiger partial charge in [-0.2, -0.15) is 4.98 Å². The highest BCUT2D eigenvalue weighted by molar-refractivity contribution is 9.10. The molecule has 0 aliphatic heterocycles. The summed E-state index contributed by atoms with van der Waals surface area (Å²) in [5, 5.41) is 7.80. The lowest BCUT2D eigenvalue weighted by atomic mass is 10.2. The second kappa shape index (κ2) is 7.09. The van der Waals surface area contributed by atoms with Gasteiger partial charge in [-0.25, -0.2) is 0 Å². The fourth-order valence-electron chi connectivity index (χ4n) is 2.62. The minimum atomic E-state index is -0.133. The zero-order chi connectivity index (χ0) is 17.9. The molecule has 0 fully saturated rings. The van der Waals surface area contributed by atoms with Crippen LogP contribution in [-0.2, 0) is 17.9 Å². The first kappa shape index (κ1) is 16.5. The molecule has 0 spiro atoms. The standard InChI is InChI=1S/C18H14BrN5O2/c19-14-2-1-12-5-8-24(15(12)9-14)11-16(25)21-10-17-22-18(23-26-17)13-3-6-20-7-4-13/h1-9H,10-11H2,(H,21,25). The van der Waals surface area contributed by atoms with Gasteiger partial charge in [0.2, 0.25) is 17.6 Å². The second-order valence-corrected chi connectivity index (χ2v) is 6.59. The number of pyridine rings is 1. The predicted octanol–water partition coefficient (Wildman–Crippen LogP) is 3.17. The number of hydrogen-bond acceptors (Lipinski definition) is 5. The summed E-state index contributed by atoms with van der Waals surface area (Å²) in [6, 6.07) is 11.5. The molecular weight excluding hydrogens is 398 g/mol. The lowest BCUT2D eigenvalue weighted by Gasteiger charge is -2.06. The van der Waals surface area contributed by atoms with Crippen LogP contribution in [0.25, 0.3) is 22.3 Å². The summed E-state index contributed by atoms with van der Waals surface area (Å²) in [6.45, 7) is 0.394. The highest BCUT2D eigenvalue weighted by atomic mass is 79.9. The van der Waals surface area contributed by atoms with E-state index in [1.165, 1.54) is 0 Å². The Balaban J connectivity index is 1.40. The predicted molar refractivity (Wildman–Crippen MR) is 99.0 cm³/mol. The Kier molecular flexibility index (Phi) is 4.49. The molecule has 0 aliphatic carbocycles. The van der Waals surface area contributed by atoms with E-state index in [1.807, 2.05) is 35.0 Å². The van der Waals surface area contributed by atoms with E-state index in [0.717, 1.165) is 20.9 Å². The molecule has 8 heteroatoms. The number of amides is 1. The van der Waals surface area contributed by atoms with Crippen LogP contribution in [0.3, 0.4) is 0 Å². The van der Waals surface area contributed by atoms with Crippen molar-refractivity contribution >= 4 is 32.7 Å². The van der Waals surface area contributed by atoms with Crippen molar-refractivity contribution in [3.63, 3.8) is 0 Å². The van der Waals surface area contributed by atoms with E-state index in [4.69, 9.17) is 4.52 Å². The lowest BCUT2D eigenvalue weighted by Crippen LogP contribution is -2.26. The SMILES string of the molecule is O=C(Cn1ccc2ccc(Br)cc21)NCc1nc(-c2ccncc2)no1. The Morgan fingerprint density at radius 1 is 1.19 bits per heavy atom. The molecule has 3 heterocycles. The molecule has 0 atom stereocenters. The molecule has 0 bridgehead atoms. The van der Waals surface area contributed by atoms with Crippen molar-refractivity contribution in [3.05, 3.63) is 65.4 Å². The van der Waals surface area contributed by atoms with Gasteiger partial charge in [0.1, 0.15) is 6.54 Å². The van der Waals surface area contributed by atoms with Crippen molar-refractivity contribution < 1.29 is 9.32 Å². The first-order valence-electron chi connectivity index (χ1n) is 7.93. The van der Waals surface area contributed by atoms with E-state index in [-0.39, 0.29) is 19.0 Å². The van der Waals surface area contributed by atoms with Gasteiger partial charge < -0.3 is 14.4 Å². The van der Waals surface area contributed by atoms with Crippen molar-refractivity contribution in [2.45, 2.75) is 13.1 Å². The molecule has 4 aromatic rings. The van der Waals surface area contributed by atoms with Gasteiger partial charge in [-0.15, -0.1) is 0 Å². The maximum Gasteiger partial charge on any atom is 0.246 e. The van der Waals surface area contributed by atoms with Crippen molar-refractivity contribution in [1.29, 1.82) is 0 Å². The average Bonchev–Trinajstić information content (AvgIpc) is 3.28. The molecule has 1 N–H and O–H groups in total. The summed E-state index contributed by atoms with van der Waals surface area (Å²) in [7, 11) is 0. The van der Waals surface area contributed by atoms with Gasteiger partial charge in [-0.1, -0.05) is 27.2 Å². The molecule has 1 amide bonds. The largest absolute Gasteiger partial charge is 0.345 e. The van der Waals surface area contributed by atoms with Gasteiger partial charge in [-0.05, 0) is 35.7 Å². The average molecular weight is 412 g/mol. The summed E-state index contributed by atoms with van der Waals surface area (Å²) in [5.41, 5.74) is 1.80. The molecule has 3 aromatic heterocycles. The highest BCUT2D eigenvalue weighted by Gasteiger charge is 2.11. The van der Waals surface area contributed by atoms with E-state index < -0.39 is 0 Å². The van der Waals surface area contributed by atoms with Crippen LogP contribution in [-0.4, -0.2) is 25.6 Å². The van der Waals surface area contributed by atoms with Crippen LogP contribution in [0, 0.1) is 0 Å². The van der Waals surface area contributed by atoms with Crippen LogP contribution < -0.4 is 5.32 Å². The third kappa shape index (κ3) is 3.50. The van der Waals surface area contributed by atoms with E-state index >= 15 is 0 Å². The van der Waals surface area contributed by atoms with Crippen LogP contribution in [0.2, 0.25) is 0 Å². The van der Waals surface area contributed by atoms with Crippen LogP contribution in [0.15, 0.2) is 64.0 Å². The number of carbonyl (C=O) groups excluding carboxylic acids is 1. The number of rotatable bonds is 5. The first-order chi connectivity index (χ1) is 12.7. The van der Waals surface area contributed by atoms with Gasteiger partial charge in [0, 0.05) is 34.1 Å². The Bertz CT molecular complexity index is 1060. The van der Waals surface area contributed by atoms with Crippen molar-refractivity contribution in [1.82, 2.24) is 25.0 Å². The molecule has 0 saturated carbocycles. The first-order valence-corrected chi connectivity index (χ1v) is 8.72. The molecule has 0 unspecified atom stereocenters. The van der Waals surface area contributed by atoms with Gasteiger partial charge in [0.05, 0.1) is 6.54 Å². The monoisotopic (exact) mass is 411 g/mol. The van der Waals surface area contributed by atoms with Crippen molar-refractivity contribution in [2.75, 3.05) is 0 Å². The highest BCUT2D eigenvalue weighted by Crippen LogP contribution is 2.20. The van der Waals surface area contributed by atoms with Crippen LogP contribution >= 0.6 is 15.9 Å². The Morgan fingerprint density at radius 2 is 2.04 bits per heavy atom. The van der Waals surface area contributed by atoms with Crippen LogP contribution in [0.1, 0.15) is 5.89 Å². The Labute approximate surface area is 157 Å². The second-order valence-electron chi connectivity index (χ2n) is 5.67. The summed E-state index contributed by atoms with van der Waals surface area (Å²) >= 11 is 3.45. The molecule has 0 radical (unpaired) electrons. The summed E-state index contributed by atoms with van der Waals surface area (Å²) in [5.74, 6) is 0.689. The zero-order valence-electron chi connectivity index (χ0n) is 13.6. The summed E-state index contributed by atoms with van der Waals surface area (Å²) < 4.78 is 8.05. The fraction of sp³-hybridized carbons (Fsp3) is 0.111. The number of carbonyl (C=O) groups is 1. The van der Waals surface area contributed by atoms with E-state index in [2.05, 4.69) is 36.4 Å². The smallest absolute Gasteiger partial charge is 0.246 e. The van der Waals surface area contributed by atoms with Crippen LogP contribution in [0.5, 0.6) is 0 Å². The fourth-order valence-corrected chi connectivity index (χ4v) is 2.97. The number of nitrogens with zero attached hydrogens (tertiary/aromatic N) is 4. The number of halogens is 1. The van der Waals surface area contributed by atoms with Gasteiger partial charge in [-0.3, -0.25) is 9.78 Å². The maximum atomic E-state index is 12.2. The molecule has 0 saturated heterocycles. The summed E-state index contributed by atoms with van der Waals surface area (Å²) in [6.07, 6.45) is 5.21. The van der Waals surface area contributed by atoms with Gasteiger partial charge in [0.25, 0.3) is 0 Å². The zero-order valence-corrected chi connectivity index (χ0v) is 15.2. The molecular formula is C18H14BrN5O2. The molecule has 7 nitrogen and oxygen atoms in total. The maximum absolute atomic E-state index is 12.2. The lowest BCUT2D eigenvalue weighted by molar-refractivity contribution is -0.121. The van der Waals surface area contributed by atoms with E-state index in [1.54, 1.807) is 24.5 Å². The number of nitrogens with one attached hydrogen (secondary N) is 1. The van der Waals surface area contributed by atoms with Crippen molar-refractivity contribution in [2.24, 2.45) is 0 Å². The summed E-state index contributed by atoms with van der Waals surface area (Å²) in [4.78, 5) is 20.5. The number of aromatic nitrogens is 4. The Morgan fingerprint density at radius 3 is 2.88 bits per heavy atom. The third-order valence-electron chi connectivity index (χ3n) is 3.89. The third-order valence-corrected chi connectivity index (χ3v) is 4.39. The van der Waals surface area contributed by atoms with Gasteiger partial charge in [0.15, 0.2) is 0 Å². The quantitative estimate of drug-likeness (QED) is 0.544. The number of fused-ring (bicyclic) bond motifs is 1. The van der Waals surface area contributed by atoms with Gasteiger partial charge >= 0.3 is 0 Å². The molecule has 26 heavy (non-hydrogen) atoms. The number of hydrogen-bond donors (Lipinski definition) is 1. The normalized spacial score (nSPS) is 11.0. The minimum Gasteiger partial charge on any atom is -0.345 e. The molecule has 4 rings (SSSR count). The Hall–Kier alpha value is -3.00. The van der Waals surface area contributed by atoms with E-state index in [9.17, 15) is 4.79 Å². The minimum absolute atomic E-state index is 0.133. The van der Waals surface area contributed by atoms with Crippen molar-refractivity contribution in [3.8, 4) is 11.4 Å².